The molecule has 104 valence electrons. The lowest BCUT2D eigenvalue weighted by atomic mass is 9.87. The van der Waals surface area contributed by atoms with E-state index in [2.05, 4.69) is 0 Å². The number of carbonyl (C=O) groups is 1. The highest BCUT2D eigenvalue weighted by atomic mass is 19.1. The smallest absolute Gasteiger partial charge is 0.237 e. The largest absolute Gasteiger partial charge is 0.379 e. The zero-order chi connectivity index (χ0) is 14.0. The van der Waals surface area contributed by atoms with Crippen molar-refractivity contribution in [3.8, 4) is 0 Å². The van der Waals surface area contributed by atoms with Crippen LogP contribution in [0.3, 0.4) is 0 Å². The van der Waals surface area contributed by atoms with E-state index < -0.39 is 5.41 Å². The summed E-state index contributed by atoms with van der Waals surface area (Å²) >= 11 is 0. The summed E-state index contributed by atoms with van der Waals surface area (Å²) in [4.78, 5) is 14.0. The lowest BCUT2D eigenvalue weighted by Gasteiger charge is -2.39. The van der Waals surface area contributed by atoms with Gasteiger partial charge in [-0.25, -0.2) is 4.39 Å². The second-order valence-corrected chi connectivity index (χ2v) is 5.44. The molecule has 1 saturated heterocycles. The van der Waals surface area contributed by atoms with Crippen molar-refractivity contribution >= 4 is 11.6 Å². The van der Waals surface area contributed by atoms with Gasteiger partial charge in [0.1, 0.15) is 5.82 Å². The van der Waals surface area contributed by atoms with Gasteiger partial charge in [-0.05, 0) is 37.1 Å². The van der Waals surface area contributed by atoms with E-state index in [1.54, 1.807) is 24.1 Å². The lowest BCUT2D eigenvalue weighted by molar-refractivity contribution is -0.154. The van der Waals surface area contributed by atoms with Gasteiger partial charge in [-0.15, -0.1) is 0 Å². The van der Waals surface area contributed by atoms with Crippen LogP contribution in [0.2, 0.25) is 0 Å². The Kier molecular flexibility index (Phi) is 3.90. The number of nitrogens with zero attached hydrogens (tertiary/aromatic N) is 1. The molecule has 1 fully saturated rings. The van der Waals surface area contributed by atoms with Crippen molar-refractivity contribution in [1.29, 1.82) is 0 Å². The predicted molar refractivity (Wildman–Crippen MR) is 72.7 cm³/mol. The zero-order valence-corrected chi connectivity index (χ0v) is 11.7. The van der Waals surface area contributed by atoms with Crippen LogP contribution in [0.4, 0.5) is 10.1 Å². The monoisotopic (exact) mass is 265 g/mol. The molecule has 0 N–H and O–H groups in total. The summed E-state index contributed by atoms with van der Waals surface area (Å²) in [7, 11) is 1.73. The Hall–Kier alpha value is -1.42. The first-order valence-electron chi connectivity index (χ1n) is 6.62. The molecule has 1 aromatic carbocycles. The normalized spacial score (nSPS) is 16.8. The Morgan fingerprint density at radius 1 is 1.47 bits per heavy atom. The van der Waals surface area contributed by atoms with Crippen LogP contribution in [0.1, 0.15) is 25.8 Å². The third-order valence-electron chi connectivity index (χ3n) is 3.60. The van der Waals surface area contributed by atoms with Crippen molar-refractivity contribution in [3.05, 3.63) is 29.6 Å². The van der Waals surface area contributed by atoms with E-state index in [0.29, 0.717) is 25.2 Å². The molecule has 0 atom stereocenters. The van der Waals surface area contributed by atoms with Gasteiger partial charge in [0.25, 0.3) is 0 Å². The van der Waals surface area contributed by atoms with Gasteiger partial charge in [0.15, 0.2) is 0 Å². The molecule has 1 aliphatic heterocycles. The van der Waals surface area contributed by atoms with Crippen molar-refractivity contribution in [1.82, 2.24) is 0 Å². The Morgan fingerprint density at radius 3 is 2.68 bits per heavy atom. The van der Waals surface area contributed by atoms with E-state index in [-0.39, 0.29) is 11.7 Å². The van der Waals surface area contributed by atoms with Gasteiger partial charge >= 0.3 is 0 Å². The summed E-state index contributed by atoms with van der Waals surface area (Å²) in [5, 5.41) is 0. The summed E-state index contributed by atoms with van der Waals surface area (Å²) in [6.45, 7) is 4.82. The second-order valence-electron chi connectivity index (χ2n) is 5.44. The second kappa shape index (κ2) is 5.29. The molecule has 1 heterocycles. The van der Waals surface area contributed by atoms with Crippen LogP contribution in [0.15, 0.2) is 18.2 Å². The number of rotatable bonds is 4. The van der Waals surface area contributed by atoms with Crippen molar-refractivity contribution in [3.63, 3.8) is 0 Å². The van der Waals surface area contributed by atoms with E-state index in [1.165, 1.54) is 6.07 Å². The number of benzene rings is 1. The molecule has 0 spiro atoms. The van der Waals surface area contributed by atoms with Gasteiger partial charge < -0.3 is 9.64 Å². The fraction of sp³-hybridized carbons (Fsp3) is 0.533. The van der Waals surface area contributed by atoms with E-state index >= 15 is 0 Å². The van der Waals surface area contributed by atoms with Crippen molar-refractivity contribution in [2.45, 2.75) is 26.7 Å². The number of ether oxygens (including phenoxy) is 1. The summed E-state index contributed by atoms with van der Waals surface area (Å²) < 4.78 is 18.7. The summed E-state index contributed by atoms with van der Waals surface area (Å²) in [6, 6.07) is 4.85. The third kappa shape index (κ3) is 2.63. The Labute approximate surface area is 113 Å². The minimum Gasteiger partial charge on any atom is -0.379 e. The van der Waals surface area contributed by atoms with Crippen LogP contribution in [0.25, 0.3) is 0 Å². The first-order chi connectivity index (χ1) is 8.98. The molecule has 0 aromatic heterocycles. The number of carbonyl (C=O) groups excluding carboxylic acids is 1. The first kappa shape index (κ1) is 14.0. The molecule has 0 radical (unpaired) electrons. The number of halogens is 1. The average Bonchev–Trinajstić information content (AvgIpc) is 2.37. The Balaban J connectivity index is 2.21. The van der Waals surface area contributed by atoms with Crippen molar-refractivity contribution in [2.75, 3.05) is 25.2 Å². The minimum atomic E-state index is -0.436. The molecule has 1 aliphatic rings. The number of hydrogen-bond acceptors (Lipinski definition) is 2. The summed E-state index contributed by atoms with van der Waals surface area (Å²) in [6.07, 6.45) is 1.56. The van der Waals surface area contributed by atoms with Gasteiger partial charge in [0.05, 0.1) is 18.6 Å². The van der Waals surface area contributed by atoms with E-state index in [1.807, 2.05) is 13.8 Å². The van der Waals surface area contributed by atoms with Gasteiger partial charge in [0.2, 0.25) is 5.91 Å². The maximum absolute atomic E-state index is 13.6. The molecule has 2 rings (SSSR count). The lowest BCUT2D eigenvalue weighted by Crippen LogP contribution is -2.52. The molecule has 0 bridgehead atoms. The topological polar surface area (TPSA) is 29.5 Å². The molecule has 4 heteroatoms. The molecular weight excluding hydrogens is 245 g/mol. The van der Waals surface area contributed by atoms with Crippen LogP contribution < -0.4 is 4.90 Å². The zero-order valence-electron chi connectivity index (χ0n) is 11.7. The highest BCUT2D eigenvalue weighted by molar-refractivity contribution is 5.97. The molecule has 0 saturated carbocycles. The molecule has 0 aliphatic carbocycles. The van der Waals surface area contributed by atoms with Gasteiger partial charge in [-0.2, -0.15) is 0 Å². The molecule has 1 aromatic rings. The maximum Gasteiger partial charge on any atom is 0.237 e. The summed E-state index contributed by atoms with van der Waals surface area (Å²) in [5.41, 5.74) is 0.964. The highest BCUT2D eigenvalue weighted by Crippen LogP contribution is 2.31. The van der Waals surface area contributed by atoms with Crippen LogP contribution in [-0.4, -0.2) is 26.2 Å². The quantitative estimate of drug-likeness (QED) is 0.837. The van der Waals surface area contributed by atoms with Gasteiger partial charge in [-0.3, -0.25) is 4.79 Å². The van der Waals surface area contributed by atoms with E-state index in [0.717, 1.165) is 12.1 Å². The fourth-order valence-corrected chi connectivity index (χ4v) is 2.28. The highest BCUT2D eigenvalue weighted by Gasteiger charge is 2.43. The standard InChI is InChI=1S/C15H20FNO2/c1-4-5-11-8-12(6-7-13(11)16)17(3)14(18)15(2)9-19-10-15/h6-8H,4-5,9-10H2,1-3H3. The van der Waals surface area contributed by atoms with E-state index in [9.17, 15) is 9.18 Å². The number of amides is 1. The number of hydrogen-bond donors (Lipinski definition) is 0. The van der Waals surface area contributed by atoms with Gasteiger partial charge in [-0.1, -0.05) is 13.3 Å². The van der Waals surface area contributed by atoms with Crippen molar-refractivity contribution in [2.24, 2.45) is 5.41 Å². The molecular formula is C15H20FNO2. The van der Waals surface area contributed by atoms with Crippen LogP contribution in [-0.2, 0) is 16.0 Å². The predicted octanol–water partition coefficient (Wildman–Crippen LogP) is 2.78. The summed E-state index contributed by atoms with van der Waals surface area (Å²) in [5.74, 6) is -0.183. The van der Waals surface area contributed by atoms with Crippen LogP contribution in [0, 0.1) is 11.2 Å². The fourth-order valence-electron chi connectivity index (χ4n) is 2.28. The third-order valence-corrected chi connectivity index (χ3v) is 3.60. The average molecular weight is 265 g/mol. The van der Waals surface area contributed by atoms with Crippen molar-refractivity contribution < 1.29 is 13.9 Å². The SMILES string of the molecule is CCCc1cc(N(C)C(=O)C2(C)COC2)ccc1F. The van der Waals surface area contributed by atoms with Gasteiger partial charge in [0, 0.05) is 12.7 Å². The molecule has 19 heavy (non-hydrogen) atoms. The Morgan fingerprint density at radius 2 is 2.16 bits per heavy atom. The Bertz CT molecular complexity index is 483. The maximum atomic E-state index is 13.6. The molecule has 0 unspecified atom stereocenters. The molecule has 1 amide bonds. The van der Waals surface area contributed by atoms with E-state index in [4.69, 9.17) is 4.74 Å². The van der Waals surface area contributed by atoms with Crippen LogP contribution in [0.5, 0.6) is 0 Å². The number of aryl methyl sites for hydroxylation is 1. The number of anilines is 1. The minimum absolute atomic E-state index is 0.0211. The van der Waals surface area contributed by atoms with Crippen LogP contribution >= 0.6 is 0 Å². The first-order valence-corrected chi connectivity index (χ1v) is 6.62. The molecule has 3 nitrogen and oxygen atoms in total.